The number of aliphatic hydroxyl groups is 1. The van der Waals surface area contributed by atoms with Crippen molar-refractivity contribution in [1.82, 2.24) is 4.90 Å². The Morgan fingerprint density at radius 3 is 3.10 bits per heavy atom. The van der Waals surface area contributed by atoms with Gasteiger partial charge in [0.1, 0.15) is 17.2 Å². The molecule has 0 aliphatic carbocycles. The molecule has 3 aliphatic heterocycles. The average Bonchev–Trinajstić information content (AvgIpc) is 2.87. The SMILES string of the molecule is O[C@@H]1CC2(CCN3CCCC3C2)Oc2ccc(F)cc21. The highest BCUT2D eigenvalue weighted by Crippen LogP contribution is 2.46. The minimum absolute atomic E-state index is 0.254. The maximum Gasteiger partial charge on any atom is 0.126 e. The summed E-state index contributed by atoms with van der Waals surface area (Å²) in [6, 6.07) is 5.07. The molecule has 3 atom stereocenters. The molecule has 3 nitrogen and oxygen atoms in total. The Hall–Kier alpha value is -1.13. The normalized spacial score (nSPS) is 36.5. The van der Waals surface area contributed by atoms with Crippen molar-refractivity contribution in [2.24, 2.45) is 0 Å². The predicted molar refractivity (Wildman–Crippen MR) is 73.2 cm³/mol. The molecule has 4 rings (SSSR count). The van der Waals surface area contributed by atoms with Crippen LogP contribution in [0.25, 0.3) is 0 Å². The van der Waals surface area contributed by atoms with Crippen molar-refractivity contribution in [3.63, 3.8) is 0 Å². The zero-order chi connectivity index (χ0) is 13.7. The van der Waals surface area contributed by atoms with Crippen LogP contribution in [0.4, 0.5) is 4.39 Å². The monoisotopic (exact) mass is 277 g/mol. The van der Waals surface area contributed by atoms with Gasteiger partial charge in [-0.25, -0.2) is 4.39 Å². The van der Waals surface area contributed by atoms with Gasteiger partial charge < -0.3 is 14.7 Å². The lowest BCUT2D eigenvalue weighted by Gasteiger charge is -2.47. The number of ether oxygens (including phenoxy) is 1. The van der Waals surface area contributed by atoms with E-state index in [4.69, 9.17) is 4.74 Å². The molecule has 0 bridgehead atoms. The Morgan fingerprint density at radius 1 is 1.30 bits per heavy atom. The number of nitrogens with zero attached hydrogens (tertiary/aromatic N) is 1. The van der Waals surface area contributed by atoms with Crippen molar-refractivity contribution in [3.8, 4) is 5.75 Å². The molecule has 0 aromatic heterocycles. The molecule has 4 heteroatoms. The highest BCUT2D eigenvalue weighted by Gasteiger charge is 2.47. The smallest absolute Gasteiger partial charge is 0.126 e. The van der Waals surface area contributed by atoms with Gasteiger partial charge in [-0.3, -0.25) is 0 Å². The summed E-state index contributed by atoms with van der Waals surface area (Å²) in [6.45, 7) is 2.25. The van der Waals surface area contributed by atoms with Gasteiger partial charge in [-0.1, -0.05) is 0 Å². The summed E-state index contributed by atoms with van der Waals surface area (Å²) in [5.74, 6) is 0.351. The first-order valence-electron chi connectivity index (χ1n) is 7.56. The lowest BCUT2D eigenvalue weighted by Crippen LogP contribution is -2.52. The first-order chi connectivity index (χ1) is 9.65. The number of hydrogen-bond donors (Lipinski definition) is 1. The summed E-state index contributed by atoms with van der Waals surface area (Å²) in [7, 11) is 0. The van der Waals surface area contributed by atoms with Crippen molar-refractivity contribution >= 4 is 0 Å². The van der Waals surface area contributed by atoms with Crippen molar-refractivity contribution < 1.29 is 14.2 Å². The second-order valence-electron chi connectivity index (χ2n) is 6.47. The number of benzene rings is 1. The summed E-state index contributed by atoms with van der Waals surface area (Å²) in [4.78, 5) is 2.54. The van der Waals surface area contributed by atoms with Crippen LogP contribution >= 0.6 is 0 Å². The predicted octanol–water partition coefficient (Wildman–Crippen LogP) is 2.64. The van der Waals surface area contributed by atoms with E-state index in [1.54, 1.807) is 6.07 Å². The maximum absolute atomic E-state index is 13.3. The summed E-state index contributed by atoms with van der Waals surface area (Å²) >= 11 is 0. The van der Waals surface area contributed by atoms with Gasteiger partial charge in [-0.05, 0) is 44.0 Å². The van der Waals surface area contributed by atoms with E-state index in [9.17, 15) is 9.50 Å². The molecule has 1 aromatic carbocycles. The Kier molecular flexibility index (Phi) is 2.79. The van der Waals surface area contributed by atoms with E-state index in [-0.39, 0.29) is 11.4 Å². The van der Waals surface area contributed by atoms with Gasteiger partial charge in [-0.15, -0.1) is 0 Å². The summed E-state index contributed by atoms with van der Waals surface area (Å²) < 4.78 is 19.5. The van der Waals surface area contributed by atoms with Crippen LogP contribution in [0.2, 0.25) is 0 Å². The van der Waals surface area contributed by atoms with Gasteiger partial charge in [0.15, 0.2) is 0 Å². The number of hydrogen-bond acceptors (Lipinski definition) is 3. The fourth-order valence-electron chi connectivity index (χ4n) is 4.19. The highest BCUT2D eigenvalue weighted by molar-refractivity contribution is 5.38. The van der Waals surface area contributed by atoms with Crippen LogP contribution in [0.15, 0.2) is 18.2 Å². The van der Waals surface area contributed by atoms with E-state index >= 15 is 0 Å². The number of fused-ring (bicyclic) bond motifs is 2. The summed E-state index contributed by atoms with van der Waals surface area (Å²) in [6.07, 6.45) is 4.43. The van der Waals surface area contributed by atoms with Gasteiger partial charge in [0.2, 0.25) is 0 Å². The van der Waals surface area contributed by atoms with Crippen molar-refractivity contribution in [2.75, 3.05) is 13.1 Å². The molecule has 2 unspecified atom stereocenters. The van der Waals surface area contributed by atoms with Gasteiger partial charge in [-0.2, -0.15) is 0 Å². The van der Waals surface area contributed by atoms with Gasteiger partial charge in [0, 0.05) is 31.0 Å². The number of piperidine rings is 1. The van der Waals surface area contributed by atoms with E-state index in [1.807, 2.05) is 0 Å². The Labute approximate surface area is 118 Å². The third-order valence-electron chi connectivity index (χ3n) is 5.18. The van der Waals surface area contributed by atoms with E-state index in [2.05, 4.69) is 4.90 Å². The number of rotatable bonds is 0. The Bertz CT molecular complexity index is 535. The second-order valence-corrected chi connectivity index (χ2v) is 6.47. The first-order valence-corrected chi connectivity index (χ1v) is 7.56. The minimum Gasteiger partial charge on any atom is -0.487 e. The first kappa shape index (κ1) is 12.6. The Morgan fingerprint density at radius 2 is 2.20 bits per heavy atom. The van der Waals surface area contributed by atoms with Crippen LogP contribution in [0, 0.1) is 5.82 Å². The lowest BCUT2D eigenvalue weighted by atomic mass is 9.79. The van der Waals surface area contributed by atoms with Crippen LogP contribution in [-0.2, 0) is 0 Å². The molecule has 1 spiro atoms. The van der Waals surface area contributed by atoms with Gasteiger partial charge in [0.05, 0.1) is 6.10 Å². The fourth-order valence-corrected chi connectivity index (χ4v) is 4.19. The third-order valence-corrected chi connectivity index (χ3v) is 5.18. The van der Waals surface area contributed by atoms with Crippen LogP contribution in [0.3, 0.4) is 0 Å². The number of aliphatic hydroxyl groups excluding tert-OH is 1. The molecule has 20 heavy (non-hydrogen) atoms. The zero-order valence-corrected chi connectivity index (χ0v) is 11.5. The molecule has 0 radical (unpaired) electrons. The van der Waals surface area contributed by atoms with Crippen LogP contribution in [0.1, 0.15) is 43.8 Å². The fraction of sp³-hybridized carbons (Fsp3) is 0.625. The molecule has 3 heterocycles. The molecule has 1 aromatic rings. The largest absolute Gasteiger partial charge is 0.487 e. The molecule has 3 aliphatic rings. The van der Waals surface area contributed by atoms with Crippen LogP contribution < -0.4 is 4.74 Å². The molecule has 1 N–H and O–H groups in total. The Balaban J connectivity index is 1.63. The molecule has 0 saturated carbocycles. The van der Waals surface area contributed by atoms with Crippen LogP contribution in [-0.4, -0.2) is 34.7 Å². The van der Waals surface area contributed by atoms with E-state index in [0.717, 1.165) is 19.4 Å². The summed E-state index contributed by atoms with van der Waals surface area (Å²) in [5, 5.41) is 10.4. The second kappa shape index (κ2) is 4.43. The molecule has 108 valence electrons. The van der Waals surface area contributed by atoms with Crippen molar-refractivity contribution in [2.45, 2.75) is 49.9 Å². The zero-order valence-electron chi connectivity index (χ0n) is 11.5. The third kappa shape index (κ3) is 1.93. The molecular formula is C16H20FNO2. The average molecular weight is 277 g/mol. The summed E-state index contributed by atoms with van der Waals surface area (Å²) in [5.41, 5.74) is 0.347. The number of halogens is 1. The maximum atomic E-state index is 13.3. The molecule has 0 amide bonds. The minimum atomic E-state index is -0.609. The lowest BCUT2D eigenvalue weighted by molar-refractivity contribution is -0.0647. The van der Waals surface area contributed by atoms with Crippen molar-refractivity contribution in [1.29, 1.82) is 0 Å². The van der Waals surface area contributed by atoms with Crippen LogP contribution in [0.5, 0.6) is 5.75 Å². The van der Waals surface area contributed by atoms with Gasteiger partial charge in [0.25, 0.3) is 0 Å². The topological polar surface area (TPSA) is 32.7 Å². The van der Waals surface area contributed by atoms with E-state index < -0.39 is 6.10 Å². The molecular weight excluding hydrogens is 257 g/mol. The molecule has 2 fully saturated rings. The quantitative estimate of drug-likeness (QED) is 0.791. The molecule has 2 saturated heterocycles. The van der Waals surface area contributed by atoms with E-state index in [0.29, 0.717) is 23.8 Å². The standard InChI is InChI=1S/C16H20FNO2/c17-11-3-4-15-13(8-11)14(19)10-16(20-15)5-7-18-6-1-2-12(18)9-16/h3-4,8,12,14,19H,1-2,5-7,9-10H2/t12?,14-,16?/m1/s1. The van der Waals surface area contributed by atoms with Crippen molar-refractivity contribution in [3.05, 3.63) is 29.6 Å². The van der Waals surface area contributed by atoms with E-state index in [1.165, 1.54) is 31.5 Å². The highest BCUT2D eigenvalue weighted by atomic mass is 19.1. The van der Waals surface area contributed by atoms with Gasteiger partial charge >= 0.3 is 0 Å².